The number of hydrogen-bond acceptors (Lipinski definition) is 4. The molecule has 1 aromatic rings. The summed E-state index contributed by atoms with van der Waals surface area (Å²) in [5.74, 6) is 2.74. The standard InChI is InChI=1S/C16H24N2O2/c1-2-15(20-6-1)10-18-5-3-14-9-17(11-16(14)18)8-13-4-7-19-12-13/h1-2,6,13-14,16H,3-5,7-12H2/t13-,14+,16-/m1/s1. The van der Waals surface area contributed by atoms with E-state index in [9.17, 15) is 0 Å². The highest BCUT2D eigenvalue weighted by atomic mass is 16.5. The molecule has 0 saturated carbocycles. The summed E-state index contributed by atoms with van der Waals surface area (Å²) in [6.07, 6.45) is 4.38. The molecule has 4 nitrogen and oxygen atoms in total. The molecule has 1 aromatic heterocycles. The third-order valence-electron chi connectivity index (χ3n) is 5.22. The van der Waals surface area contributed by atoms with Gasteiger partial charge in [-0.25, -0.2) is 0 Å². The predicted molar refractivity (Wildman–Crippen MR) is 76.4 cm³/mol. The molecule has 3 atom stereocenters. The topological polar surface area (TPSA) is 28.9 Å². The van der Waals surface area contributed by atoms with Gasteiger partial charge in [-0.15, -0.1) is 0 Å². The average molecular weight is 276 g/mol. The van der Waals surface area contributed by atoms with E-state index in [1.807, 2.05) is 6.07 Å². The van der Waals surface area contributed by atoms with E-state index < -0.39 is 0 Å². The van der Waals surface area contributed by atoms with Crippen LogP contribution in [0.5, 0.6) is 0 Å². The molecule has 4 rings (SSSR count). The van der Waals surface area contributed by atoms with Crippen molar-refractivity contribution >= 4 is 0 Å². The van der Waals surface area contributed by atoms with Crippen molar-refractivity contribution in [3.8, 4) is 0 Å². The smallest absolute Gasteiger partial charge is 0.117 e. The highest BCUT2D eigenvalue weighted by Crippen LogP contribution is 2.33. The molecule has 20 heavy (non-hydrogen) atoms. The lowest BCUT2D eigenvalue weighted by molar-refractivity contribution is 0.165. The monoisotopic (exact) mass is 276 g/mol. The average Bonchev–Trinajstić information content (AvgIpc) is 3.18. The molecule has 0 radical (unpaired) electrons. The van der Waals surface area contributed by atoms with E-state index in [1.54, 1.807) is 6.26 Å². The number of fused-ring (bicyclic) bond motifs is 1. The van der Waals surface area contributed by atoms with Crippen LogP contribution in [0.25, 0.3) is 0 Å². The van der Waals surface area contributed by atoms with Crippen LogP contribution in [0.4, 0.5) is 0 Å². The number of ether oxygens (including phenoxy) is 1. The highest BCUT2D eigenvalue weighted by Gasteiger charge is 2.41. The fourth-order valence-electron chi connectivity index (χ4n) is 4.18. The lowest BCUT2D eigenvalue weighted by Gasteiger charge is -2.24. The van der Waals surface area contributed by atoms with Crippen molar-refractivity contribution in [2.24, 2.45) is 11.8 Å². The first kappa shape index (κ1) is 12.9. The molecule has 0 spiro atoms. The van der Waals surface area contributed by atoms with E-state index in [4.69, 9.17) is 9.15 Å². The Morgan fingerprint density at radius 1 is 1.25 bits per heavy atom. The van der Waals surface area contributed by atoms with Gasteiger partial charge in [-0.2, -0.15) is 0 Å². The van der Waals surface area contributed by atoms with Crippen molar-refractivity contribution in [1.29, 1.82) is 0 Å². The fourth-order valence-corrected chi connectivity index (χ4v) is 4.18. The summed E-state index contributed by atoms with van der Waals surface area (Å²) >= 11 is 0. The van der Waals surface area contributed by atoms with Gasteiger partial charge in [-0.3, -0.25) is 4.90 Å². The Hall–Kier alpha value is -0.840. The van der Waals surface area contributed by atoms with Gasteiger partial charge in [0.05, 0.1) is 19.4 Å². The van der Waals surface area contributed by atoms with Gasteiger partial charge in [0, 0.05) is 32.3 Å². The molecule has 0 aromatic carbocycles. The van der Waals surface area contributed by atoms with E-state index >= 15 is 0 Å². The zero-order valence-electron chi connectivity index (χ0n) is 12.0. The molecule has 0 aliphatic carbocycles. The maximum Gasteiger partial charge on any atom is 0.117 e. The molecule has 3 fully saturated rings. The van der Waals surface area contributed by atoms with Crippen LogP contribution in [0.3, 0.4) is 0 Å². The van der Waals surface area contributed by atoms with Crippen molar-refractivity contribution in [3.63, 3.8) is 0 Å². The van der Waals surface area contributed by atoms with Gasteiger partial charge in [0.15, 0.2) is 0 Å². The Morgan fingerprint density at radius 2 is 2.25 bits per heavy atom. The second-order valence-corrected chi connectivity index (χ2v) is 6.61. The first-order valence-corrected chi connectivity index (χ1v) is 7.95. The molecule has 0 N–H and O–H groups in total. The molecule has 4 heteroatoms. The van der Waals surface area contributed by atoms with Crippen LogP contribution >= 0.6 is 0 Å². The number of rotatable bonds is 4. The van der Waals surface area contributed by atoms with Crippen molar-refractivity contribution < 1.29 is 9.15 Å². The van der Waals surface area contributed by atoms with Crippen molar-refractivity contribution in [1.82, 2.24) is 9.80 Å². The van der Waals surface area contributed by atoms with E-state index in [-0.39, 0.29) is 0 Å². The quantitative estimate of drug-likeness (QED) is 0.839. The Bertz CT molecular complexity index is 428. The molecular weight excluding hydrogens is 252 g/mol. The summed E-state index contributed by atoms with van der Waals surface area (Å²) in [5.41, 5.74) is 0. The molecular formula is C16H24N2O2. The van der Waals surface area contributed by atoms with Crippen molar-refractivity contribution in [2.75, 3.05) is 39.4 Å². The van der Waals surface area contributed by atoms with Gasteiger partial charge < -0.3 is 14.1 Å². The zero-order chi connectivity index (χ0) is 13.4. The first-order chi connectivity index (χ1) is 9.88. The van der Waals surface area contributed by atoms with Gasteiger partial charge in [0.25, 0.3) is 0 Å². The summed E-state index contributed by atoms with van der Waals surface area (Å²) in [5, 5.41) is 0. The number of likely N-dealkylation sites (tertiary alicyclic amines) is 2. The van der Waals surface area contributed by atoms with Crippen molar-refractivity contribution in [2.45, 2.75) is 25.4 Å². The first-order valence-electron chi connectivity index (χ1n) is 7.95. The fraction of sp³-hybridized carbons (Fsp3) is 0.750. The molecule has 3 saturated heterocycles. The van der Waals surface area contributed by atoms with Crippen LogP contribution in [0, 0.1) is 11.8 Å². The third-order valence-corrected chi connectivity index (χ3v) is 5.22. The SMILES string of the molecule is c1coc(CN2CC[C@H]3CN(C[C@H]4CCOC4)C[C@H]32)c1. The van der Waals surface area contributed by atoms with Gasteiger partial charge in [-0.05, 0) is 43.4 Å². The molecule has 3 aliphatic heterocycles. The molecule has 4 heterocycles. The van der Waals surface area contributed by atoms with E-state index in [2.05, 4.69) is 15.9 Å². The van der Waals surface area contributed by atoms with Gasteiger partial charge in [0.2, 0.25) is 0 Å². The lowest BCUT2D eigenvalue weighted by Crippen LogP contribution is -2.36. The zero-order valence-corrected chi connectivity index (χ0v) is 12.0. The van der Waals surface area contributed by atoms with Crippen molar-refractivity contribution in [3.05, 3.63) is 24.2 Å². The highest BCUT2D eigenvalue weighted by molar-refractivity contribution is 5.02. The van der Waals surface area contributed by atoms with Gasteiger partial charge in [-0.1, -0.05) is 0 Å². The Labute approximate surface area is 120 Å². The van der Waals surface area contributed by atoms with Crippen LogP contribution in [-0.4, -0.2) is 55.2 Å². The summed E-state index contributed by atoms with van der Waals surface area (Å²) in [6.45, 7) is 7.92. The Morgan fingerprint density at radius 3 is 3.05 bits per heavy atom. The predicted octanol–water partition coefficient (Wildman–Crippen LogP) is 1.82. The Kier molecular flexibility index (Phi) is 3.54. The van der Waals surface area contributed by atoms with Crippen LogP contribution in [0.15, 0.2) is 22.8 Å². The lowest BCUT2D eigenvalue weighted by atomic mass is 10.1. The summed E-state index contributed by atoms with van der Waals surface area (Å²) in [7, 11) is 0. The van der Waals surface area contributed by atoms with Crippen LogP contribution in [0.1, 0.15) is 18.6 Å². The van der Waals surface area contributed by atoms with Crippen LogP contribution < -0.4 is 0 Å². The maximum absolute atomic E-state index is 5.51. The minimum Gasteiger partial charge on any atom is -0.468 e. The third kappa shape index (κ3) is 2.52. The van der Waals surface area contributed by atoms with E-state index in [0.717, 1.165) is 43.4 Å². The molecule has 110 valence electrons. The maximum atomic E-state index is 5.51. The van der Waals surface area contributed by atoms with E-state index in [0.29, 0.717) is 0 Å². The summed E-state index contributed by atoms with van der Waals surface area (Å²) < 4.78 is 11.0. The van der Waals surface area contributed by atoms with Gasteiger partial charge in [0.1, 0.15) is 5.76 Å². The minimum absolute atomic E-state index is 0.738. The number of nitrogens with zero attached hydrogens (tertiary/aromatic N) is 2. The Balaban J connectivity index is 1.34. The van der Waals surface area contributed by atoms with Gasteiger partial charge >= 0.3 is 0 Å². The second kappa shape index (κ2) is 5.51. The number of furan rings is 1. The molecule has 0 unspecified atom stereocenters. The molecule has 3 aliphatic rings. The summed E-state index contributed by atoms with van der Waals surface area (Å²) in [6, 6.07) is 4.82. The van der Waals surface area contributed by atoms with E-state index in [1.165, 1.54) is 39.0 Å². The second-order valence-electron chi connectivity index (χ2n) is 6.61. The summed E-state index contributed by atoms with van der Waals surface area (Å²) in [4.78, 5) is 5.29. The van der Waals surface area contributed by atoms with Crippen LogP contribution in [-0.2, 0) is 11.3 Å². The largest absolute Gasteiger partial charge is 0.468 e. The minimum atomic E-state index is 0.738. The molecule has 0 amide bonds. The van der Waals surface area contributed by atoms with Crippen LogP contribution in [0.2, 0.25) is 0 Å². The molecule has 0 bridgehead atoms. The number of hydrogen-bond donors (Lipinski definition) is 0. The normalized spacial score (nSPS) is 34.9.